The number of fused-ring (bicyclic) bond motifs is 1. The summed E-state index contributed by atoms with van der Waals surface area (Å²) in [5.41, 5.74) is 7.76. The molecule has 9 nitrogen and oxygen atoms in total. The fraction of sp³-hybridized carbons (Fsp3) is 0.273. The Bertz CT molecular complexity index is 1070. The number of benzene rings is 2. The lowest BCUT2D eigenvalue weighted by molar-refractivity contribution is -0.136. The first-order valence-corrected chi connectivity index (χ1v) is 9.98. The molecule has 0 spiro atoms. The van der Waals surface area contributed by atoms with Gasteiger partial charge in [-0.25, -0.2) is 0 Å². The number of rotatable bonds is 7. The number of hydrogen-bond donors (Lipinski definition) is 3. The van der Waals surface area contributed by atoms with Crippen LogP contribution in [0.4, 0.5) is 5.69 Å². The highest BCUT2D eigenvalue weighted by molar-refractivity contribution is 6.23. The molecule has 0 saturated carbocycles. The van der Waals surface area contributed by atoms with E-state index in [1.165, 1.54) is 0 Å². The van der Waals surface area contributed by atoms with Crippen molar-refractivity contribution in [2.24, 2.45) is 0 Å². The van der Waals surface area contributed by atoms with E-state index >= 15 is 0 Å². The Morgan fingerprint density at radius 3 is 2.61 bits per heavy atom. The molecule has 1 saturated heterocycles. The van der Waals surface area contributed by atoms with Crippen molar-refractivity contribution in [2.75, 3.05) is 18.9 Å². The molecule has 4 rings (SSSR count). The Morgan fingerprint density at radius 1 is 1.06 bits per heavy atom. The topological polar surface area (TPSA) is 131 Å². The molecule has 4 N–H and O–H groups in total. The summed E-state index contributed by atoms with van der Waals surface area (Å²) in [6, 6.07) is 11.3. The number of anilines is 1. The highest BCUT2D eigenvalue weighted by Crippen LogP contribution is 2.28. The van der Waals surface area contributed by atoms with E-state index < -0.39 is 29.7 Å². The molecule has 1 atom stereocenters. The fourth-order valence-corrected chi connectivity index (χ4v) is 3.71. The normalized spacial score (nSPS) is 18.2. The second kappa shape index (κ2) is 8.57. The molecule has 2 aliphatic rings. The van der Waals surface area contributed by atoms with Crippen LogP contribution >= 0.6 is 0 Å². The van der Waals surface area contributed by atoms with Crippen molar-refractivity contribution in [3.63, 3.8) is 0 Å². The van der Waals surface area contributed by atoms with Crippen LogP contribution in [-0.4, -0.2) is 47.7 Å². The predicted molar refractivity (Wildman–Crippen MR) is 111 cm³/mol. The van der Waals surface area contributed by atoms with Crippen LogP contribution in [0.2, 0.25) is 0 Å². The van der Waals surface area contributed by atoms with Gasteiger partial charge in [0.25, 0.3) is 11.8 Å². The molecule has 0 radical (unpaired) electrons. The van der Waals surface area contributed by atoms with E-state index in [0.717, 1.165) is 10.5 Å². The van der Waals surface area contributed by atoms with Gasteiger partial charge in [0.1, 0.15) is 18.4 Å². The van der Waals surface area contributed by atoms with E-state index in [1.54, 1.807) is 30.3 Å². The predicted octanol–water partition coefficient (Wildman–Crippen LogP) is 0.839. The minimum atomic E-state index is -0.964. The van der Waals surface area contributed by atoms with Gasteiger partial charge in [-0.3, -0.25) is 29.4 Å². The second-order valence-corrected chi connectivity index (χ2v) is 7.39. The fourth-order valence-electron chi connectivity index (χ4n) is 3.71. The zero-order valence-electron chi connectivity index (χ0n) is 16.7. The Labute approximate surface area is 178 Å². The minimum absolute atomic E-state index is 0.0929. The maximum atomic E-state index is 12.8. The monoisotopic (exact) mass is 422 g/mol. The van der Waals surface area contributed by atoms with Crippen molar-refractivity contribution >= 4 is 29.3 Å². The number of nitrogens with zero attached hydrogens (tertiary/aromatic N) is 1. The molecule has 0 aromatic heterocycles. The van der Waals surface area contributed by atoms with Gasteiger partial charge in [0.15, 0.2) is 0 Å². The Hall–Kier alpha value is -3.72. The molecule has 9 heteroatoms. The zero-order chi connectivity index (χ0) is 22.0. The van der Waals surface area contributed by atoms with Crippen molar-refractivity contribution in [3.8, 4) is 5.75 Å². The van der Waals surface area contributed by atoms with Gasteiger partial charge in [-0.05, 0) is 36.2 Å². The first-order chi connectivity index (χ1) is 15.0. The number of hydrogen-bond acceptors (Lipinski definition) is 7. The lowest BCUT2D eigenvalue weighted by Gasteiger charge is -2.27. The van der Waals surface area contributed by atoms with Crippen LogP contribution in [0.5, 0.6) is 5.75 Å². The van der Waals surface area contributed by atoms with E-state index in [2.05, 4.69) is 10.6 Å². The number of piperidine rings is 1. The van der Waals surface area contributed by atoms with Gasteiger partial charge < -0.3 is 15.8 Å². The molecule has 2 heterocycles. The number of nitrogen functional groups attached to an aromatic ring is 1. The molecule has 160 valence electrons. The molecule has 31 heavy (non-hydrogen) atoms. The molecular weight excluding hydrogens is 400 g/mol. The van der Waals surface area contributed by atoms with Crippen LogP contribution in [0.15, 0.2) is 42.5 Å². The number of imide groups is 2. The highest BCUT2D eigenvalue weighted by atomic mass is 16.5. The molecule has 1 unspecified atom stereocenters. The lowest BCUT2D eigenvalue weighted by atomic mass is 10.0. The largest absolute Gasteiger partial charge is 0.490 e. The third-order valence-corrected chi connectivity index (χ3v) is 5.29. The second-order valence-electron chi connectivity index (χ2n) is 7.39. The summed E-state index contributed by atoms with van der Waals surface area (Å²) < 4.78 is 5.62. The Balaban J connectivity index is 1.35. The minimum Gasteiger partial charge on any atom is -0.490 e. The van der Waals surface area contributed by atoms with Gasteiger partial charge in [0.05, 0.1) is 16.8 Å². The first kappa shape index (κ1) is 20.5. The van der Waals surface area contributed by atoms with Crippen molar-refractivity contribution in [1.29, 1.82) is 0 Å². The Morgan fingerprint density at radius 2 is 1.84 bits per heavy atom. The summed E-state index contributed by atoms with van der Waals surface area (Å²) in [5, 5.41) is 5.40. The van der Waals surface area contributed by atoms with Crippen LogP contribution in [0.25, 0.3) is 0 Å². The van der Waals surface area contributed by atoms with Crippen LogP contribution in [0, 0.1) is 0 Å². The van der Waals surface area contributed by atoms with E-state index in [4.69, 9.17) is 10.5 Å². The number of ether oxygens (including phenoxy) is 1. The van der Waals surface area contributed by atoms with Crippen LogP contribution in [0.3, 0.4) is 0 Å². The molecule has 2 aliphatic heterocycles. The van der Waals surface area contributed by atoms with Crippen molar-refractivity contribution < 1.29 is 23.9 Å². The molecule has 0 aliphatic carbocycles. The zero-order valence-corrected chi connectivity index (χ0v) is 16.7. The smallest absolute Gasteiger partial charge is 0.262 e. The van der Waals surface area contributed by atoms with E-state index in [-0.39, 0.29) is 24.0 Å². The van der Waals surface area contributed by atoms with Gasteiger partial charge in [0, 0.05) is 19.5 Å². The van der Waals surface area contributed by atoms with Crippen molar-refractivity contribution in [1.82, 2.24) is 15.5 Å². The standard InChI is InChI=1S/C22H22N4O5/c23-16-3-1-2-4-18(16)31-10-9-24-12-13-5-6-14-15(11-13)22(30)26(21(14)29)17-7-8-19(27)25-20(17)28/h1-6,11,17,24H,7-10,12,23H2,(H,25,27,28). The number of carbonyl (C=O) groups excluding carboxylic acids is 4. The maximum Gasteiger partial charge on any atom is 0.262 e. The Kier molecular flexibility index (Phi) is 5.68. The molecule has 0 bridgehead atoms. The van der Waals surface area contributed by atoms with Gasteiger partial charge >= 0.3 is 0 Å². The third-order valence-electron chi connectivity index (χ3n) is 5.29. The number of nitrogens with two attached hydrogens (primary N) is 1. The summed E-state index contributed by atoms with van der Waals surface area (Å²) in [6.07, 6.45) is 0.228. The van der Waals surface area contributed by atoms with E-state index in [9.17, 15) is 19.2 Å². The number of para-hydroxylation sites is 2. The molecular formula is C22H22N4O5. The third kappa shape index (κ3) is 4.13. The molecule has 2 aromatic rings. The lowest BCUT2D eigenvalue weighted by Crippen LogP contribution is -2.54. The molecule has 2 aromatic carbocycles. The highest BCUT2D eigenvalue weighted by Gasteiger charge is 2.44. The average Bonchev–Trinajstić information content (AvgIpc) is 2.99. The summed E-state index contributed by atoms with van der Waals surface area (Å²) in [7, 11) is 0. The summed E-state index contributed by atoms with van der Waals surface area (Å²) in [4.78, 5) is 50.0. The van der Waals surface area contributed by atoms with Crippen molar-refractivity contribution in [3.05, 3.63) is 59.2 Å². The van der Waals surface area contributed by atoms with E-state index in [0.29, 0.717) is 31.1 Å². The van der Waals surface area contributed by atoms with Crippen molar-refractivity contribution in [2.45, 2.75) is 25.4 Å². The SMILES string of the molecule is Nc1ccccc1OCCNCc1ccc2c(c1)C(=O)N(C1CCC(=O)NC1=O)C2=O. The average molecular weight is 422 g/mol. The maximum absolute atomic E-state index is 12.8. The summed E-state index contributed by atoms with van der Waals surface area (Å²) >= 11 is 0. The number of amides is 4. The molecule has 1 fully saturated rings. The number of nitrogens with one attached hydrogen (secondary N) is 2. The molecule has 4 amide bonds. The van der Waals surface area contributed by atoms with Gasteiger partial charge in [0.2, 0.25) is 11.8 Å². The van der Waals surface area contributed by atoms with Gasteiger partial charge in [-0.2, -0.15) is 0 Å². The summed E-state index contributed by atoms with van der Waals surface area (Å²) in [5.74, 6) is -1.42. The first-order valence-electron chi connectivity index (χ1n) is 9.98. The quantitative estimate of drug-likeness (QED) is 0.342. The van der Waals surface area contributed by atoms with Gasteiger partial charge in [-0.15, -0.1) is 0 Å². The van der Waals surface area contributed by atoms with E-state index in [1.807, 2.05) is 12.1 Å². The van der Waals surface area contributed by atoms with Crippen LogP contribution in [0.1, 0.15) is 39.1 Å². The summed E-state index contributed by atoms with van der Waals surface area (Å²) in [6.45, 7) is 1.45. The van der Waals surface area contributed by atoms with Gasteiger partial charge in [-0.1, -0.05) is 18.2 Å². The van der Waals surface area contributed by atoms with Crippen LogP contribution < -0.4 is 21.1 Å². The van der Waals surface area contributed by atoms with Crippen LogP contribution in [-0.2, 0) is 16.1 Å². The number of carbonyl (C=O) groups is 4.